The third kappa shape index (κ3) is 28.9. The second-order valence-electron chi connectivity index (χ2n) is 28.2. The first kappa shape index (κ1) is 89.8. The van der Waals surface area contributed by atoms with Gasteiger partial charge >= 0.3 is 0 Å². The Balaban J connectivity index is 2.32. The zero-order chi connectivity index (χ0) is 79.3. The number of guanidine groups is 1. The number of carbonyl (C=O) groups is 13. The number of aliphatic imine (C=N–C) groups is 1. The number of thioether (sulfide) groups is 1. The molecule has 1 aliphatic rings. The molecule has 0 aliphatic carbocycles. The molecule has 584 valence electrons. The van der Waals surface area contributed by atoms with Gasteiger partial charge in [0.2, 0.25) is 70.9 Å². The first-order valence-corrected chi connectivity index (χ1v) is 37.0. The van der Waals surface area contributed by atoms with Gasteiger partial charge in [-0.05, 0) is 111 Å². The predicted molar refractivity (Wildman–Crippen MR) is 397 cm³/mol. The highest BCUT2D eigenvalue weighted by atomic mass is 32.2. The van der Waals surface area contributed by atoms with Crippen molar-refractivity contribution in [2.45, 2.75) is 227 Å². The van der Waals surface area contributed by atoms with Crippen LogP contribution in [0.15, 0.2) is 71.4 Å². The molecule has 0 spiro atoms. The summed E-state index contributed by atoms with van der Waals surface area (Å²) >= 11 is 1.32. The molecule has 1 fully saturated rings. The van der Waals surface area contributed by atoms with Gasteiger partial charge in [0.25, 0.3) is 5.91 Å². The summed E-state index contributed by atoms with van der Waals surface area (Å²) in [5, 5.41) is 66.6. The number of phenols is 1. The Bertz CT molecular complexity index is 3350. The van der Waals surface area contributed by atoms with Crippen molar-refractivity contribution in [3.63, 3.8) is 0 Å². The zero-order valence-electron chi connectivity index (χ0n) is 63.1. The zero-order valence-corrected chi connectivity index (χ0v) is 64.0. The summed E-state index contributed by atoms with van der Waals surface area (Å²) in [4.78, 5) is 193. The second kappa shape index (κ2) is 43.8. The number of aliphatic hydroxyl groups excluding tert-OH is 2. The van der Waals surface area contributed by atoms with E-state index in [2.05, 4.69) is 74.1 Å². The average molecular weight is 1490 g/mol. The van der Waals surface area contributed by atoms with Crippen LogP contribution in [0.4, 0.5) is 0 Å². The van der Waals surface area contributed by atoms with E-state index in [4.69, 9.17) is 11.5 Å². The quantitative estimate of drug-likeness (QED) is 0.0325. The van der Waals surface area contributed by atoms with Crippen molar-refractivity contribution in [1.29, 1.82) is 0 Å². The van der Waals surface area contributed by atoms with Gasteiger partial charge in [0.05, 0.1) is 12.2 Å². The van der Waals surface area contributed by atoms with Crippen molar-refractivity contribution in [2.24, 2.45) is 52.0 Å². The fraction of sp³-hybridized carbons (Fsp3) is 0.611. The number of amides is 13. The van der Waals surface area contributed by atoms with Crippen molar-refractivity contribution in [1.82, 2.24) is 69.1 Å². The largest absolute Gasteiger partial charge is 0.508 e. The van der Waals surface area contributed by atoms with Gasteiger partial charge in [0, 0.05) is 19.4 Å². The number of hydrogen-bond acceptors (Lipinski definition) is 18. The van der Waals surface area contributed by atoms with E-state index >= 15 is 0 Å². The Kier molecular flexibility index (Phi) is 37.5. The van der Waals surface area contributed by atoms with Gasteiger partial charge in [-0.1, -0.05) is 138 Å². The lowest BCUT2D eigenvalue weighted by molar-refractivity contribution is -0.139. The molecular formula is C72H114N16O16S. The van der Waals surface area contributed by atoms with E-state index in [0.717, 1.165) is 0 Å². The molecule has 0 unspecified atom stereocenters. The van der Waals surface area contributed by atoms with E-state index in [-0.39, 0.29) is 68.2 Å². The normalized spacial score (nSPS) is 25.7. The third-order valence-electron chi connectivity index (χ3n) is 17.7. The molecule has 20 N–H and O–H groups in total. The van der Waals surface area contributed by atoms with Crippen LogP contribution in [0.1, 0.15) is 141 Å². The summed E-state index contributed by atoms with van der Waals surface area (Å²) in [7, 11) is 0. The molecule has 1 heterocycles. The van der Waals surface area contributed by atoms with E-state index in [1.807, 2.05) is 0 Å². The summed E-state index contributed by atoms with van der Waals surface area (Å²) in [6, 6.07) is -3.74. The maximum absolute atomic E-state index is 14.8. The molecule has 1 saturated heterocycles. The maximum Gasteiger partial charge on any atom is 0.268 e. The maximum atomic E-state index is 14.8. The highest BCUT2D eigenvalue weighted by Gasteiger charge is 2.41. The van der Waals surface area contributed by atoms with Crippen LogP contribution < -0.4 is 80.6 Å². The van der Waals surface area contributed by atoms with Crippen LogP contribution in [-0.4, -0.2) is 201 Å². The number of benzene rings is 2. The lowest BCUT2D eigenvalue weighted by Crippen LogP contribution is -2.64. The SMILES string of the molecule is C/C=C1\NC(=O)[C@H](C(C)C)NC(=O)[C@@H](Cc2ccccc2)NC(=O)[C@H](C(C)C)NC(=O)[C@H](C(C)C)NC(=O)[C@@H](C(C)C)NC(=O)[C@H]([C@H](C)O)NC(=O)[C@H]([C@H](C)CC)NC(=O)[C@@H]([C@@H](C)O)NC(=O)[C@H](C(C)C)NC(=O)[C@H](CCSC)NC(=O)[C@@H](Cc2ccc(O)cc2)NC(=O)[C@H](CCCN=C(N)N)NC1=O. The van der Waals surface area contributed by atoms with Crippen LogP contribution in [0.3, 0.4) is 0 Å². The Morgan fingerprint density at radius 3 is 1.18 bits per heavy atom. The first-order valence-electron chi connectivity index (χ1n) is 35.6. The van der Waals surface area contributed by atoms with Gasteiger partial charge in [-0.2, -0.15) is 11.8 Å². The van der Waals surface area contributed by atoms with Gasteiger partial charge in [-0.3, -0.25) is 67.3 Å². The number of nitrogens with zero attached hydrogens (tertiary/aromatic N) is 1. The van der Waals surface area contributed by atoms with Crippen LogP contribution in [0.25, 0.3) is 0 Å². The predicted octanol–water partition coefficient (Wildman–Crippen LogP) is -1.08. The lowest BCUT2D eigenvalue weighted by atomic mass is 9.96. The van der Waals surface area contributed by atoms with Crippen molar-refractivity contribution in [3.8, 4) is 5.75 Å². The van der Waals surface area contributed by atoms with Crippen molar-refractivity contribution in [2.75, 3.05) is 18.6 Å². The van der Waals surface area contributed by atoms with E-state index in [9.17, 15) is 77.6 Å². The average Bonchev–Trinajstić information content (AvgIpc) is 0.840. The summed E-state index contributed by atoms with van der Waals surface area (Å²) < 4.78 is 0. The Morgan fingerprint density at radius 2 is 0.771 bits per heavy atom. The number of phenolic OH excluding ortho intramolecular Hbond substituents is 1. The summed E-state index contributed by atoms with van der Waals surface area (Å²) in [5.74, 6) is -16.4. The van der Waals surface area contributed by atoms with Crippen LogP contribution in [-0.2, 0) is 75.2 Å². The van der Waals surface area contributed by atoms with Crippen molar-refractivity contribution in [3.05, 3.63) is 77.5 Å². The van der Waals surface area contributed by atoms with Gasteiger partial charge in [-0.25, -0.2) is 0 Å². The van der Waals surface area contributed by atoms with Gasteiger partial charge < -0.3 is 95.9 Å². The number of hydrogen-bond donors (Lipinski definition) is 18. The van der Waals surface area contributed by atoms with E-state index in [0.29, 0.717) is 11.1 Å². The first-order chi connectivity index (χ1) is 49.3. The molecule has 1 aliphatic heterocycles. The standard InChI is InChI=1S/C72H114N16O16S/c1-17-40(13)56-69(102)88-57(41(14)89)70(103)85-55(39(11)12)67(100)84-54(38(9)10)66(99)83-52(36(5)6)65(98)80-50(33-43-23-20-19-21-24-43)63(96)82-51(35(3)4)64(97)76-46(18-2)59(92)77-47(25-22-31-75-72(73)74)60(93)79-49(34-44-26-28-45(91)29-27-44)62(95)78-48(30-32-105-16)61(94)81-53(37(7)8)68(101)87-58(42(15)90)71(104)86-56/h18-21,23-24,26-29,35-42,47-58,89-91H,17,22,25,30-34H2,1-16H3,(H,76,97)(H,77,92)(H,78,95)(H,79,93)(H,80,98)(H,81,94)(H,82,96)(H,83,99)(H,84,100)(H,85,103)(H,86,104)(H,87,101)(H,88,102)(H4,73,74,75)/b46-18-/t40-,41+,42-,47+,48+,49-,50-,51+,52+,53+,54+,55-,56+,57+,58-/m1/s1. The van der Waals surface area contributed by atoms with Gasteiger partial charge in [0.1, 0.15) is 83.9 Å². The van der Waals surface area contributed by atoms with Crippen LogP contribution in [0.2, 0.25) is 0 Å². The fourth-order valence-corrected chi connectivity index (χ4v) is 11.6. The molecule has 2 aromatic carbocycles. The van der Waals surface area contributed by atoms with Crippen LogP contribution in [0.5, 0.6) is 5.75 Å². The number of aromatic hydroxyl groups is 1. The molecular weight excluding hydrogens is 1380 g/mol. The summed E-state index contributed by atoms with van der Waals surface area (Å²) in [6.07, 6.45) is -0.609. The Labute approximate surface area is 619 Å². The number of aliphatic hydroxyl groups is 2. The number of nitrogens with one attached hydrogen (secondary N) is 13. The minimum atomic E-state index is -1.80. The molecule has 0 bridgehead atoms. The molecule has 0 radical (unpaired) electrons. The highest BCUT2D eigenvalue weighted by molar-refractivity contribution is 7.98. The smallest absolute Gasteiger partial charge is 0.268 e. The molecule has 105 heavy (non-hydrogen) atoms. The molecule has 33 heteroatoms. The molecule has 0 aromatic heterocycles. The summed E-state index contributed by atoms with van der Waals surface area (Å²) in [5.41, 5.74) is 11.8. The second-order valence-corrected chi connectivity index (χ2v) is 29.2. The molecule has 2 aromatic rings. The third-order valence-corrected chi connectivity index (χ3v) is 18.3. The van der Waals surface area contributed by atoms with Gasteiger partial charge in [0.15, 0.2) is 5.96 Å². The monoisotopic (exact) mass is 1490 g/mol. The van der Waals surface area contributed by atoms with E-state index < -0.39 is 197 Å². The lowest BCUT2D eigenvalue weighted by Gasteiger charge is -2.32. The minimum Gasteiger partial charge on any atom is -0.508 e. The van der Waals surface area contributed by atoms with Crippen molar-refractivity contribution >= 4 is 94.5 Å². The van der Waals surface area contributed by atoms with Crippen LogP contribution in [0, 0.1) is 35.5 Å². The van der Waals surface area contributed by atoms with E-state index in [1.165, 1.54) is 62.9 Å². The van der Waals surface area contributed by atoms with Crippen molar-refractivity contribution < 1.29 is 77.6 Å². The Morgan fingerprint density at radius 1 is 0.438 bits per heavy atom. The summed E-state index contributed by atoms with van der Waals surface area (Å²) in [6.45, 7) is 23.1. The molecule has 15 atom stereocenters. The molecule has 3 rings (SSSR count). The molecule has 32 nitrogen and oxygen atoms in total. The van der Waals surface area contributed by atoms with E-state index in [1.54, 1.807) is 120 Å². The van der Waals surface area contributed by atoms with Crippen LogP contribution >= 0.6 is 11.8 Å². The highest BCUT2D eigenvalue weighted by Crippen LogP contribution is 2.18. The number of rotatable bonds is 20. The molecule has 0 saturated carbocycles. The van der Waals surface area contributed by atoms with Gasteiger partial charge in [-0.15, -0.1) is 0 Å². The number of allylic oxidation sites excluding steroid dienone is 1. The number of carbonyl (C=O) groups excluding carboxylic acids is 13. The number of nitrogens with two attached hydrogens (primary N) is 2. The minimum absolute atomic E-state index is 0.0297. The topological polar surface area (TPSA) is 503 Å². The molecule has 13 amide bonds. The fourth-order valence-electron chi connectivity index (χ4n) is 11.1. The Hall–Kier alpha value is -9.37.